The minimum absolute atomic E-state index is 0.104. The van der Waals surface area contributed by atoms with Gasteiger partial charge < -0.3 is 10.2 Å². The molecule has 1 unspecified atom stereocenters. The van der Waals surface area contributed by atoms with Crippen LogP contribution in [0.1, 0.15) is 51.2 Å². The zero-order valence-electron chi connectivity index (χ0n) is 21.8. The zero-order valence-corrected chi connectivity index (χ0v) is 23.4. The molecule has 0 spiro atoms. The van der Waals surface area contributed by atoms with E-state index in [0.29, 0.717) is 42.6 Å². The average molecular weight is 536 g/mol. The SMILES string of the molecule is CCC(C(=O)NCC(C)C)N(Cc1cccc(C)c1)C(=O)CCCN(c1cccc(Cl)c1)S(C)(=O)=O. The molecule has 2 aromatic rings. The molecule has 1 N–H and O–H groups in total. The highest BCUT2D eigenvalue weighted by molar-refractivity contribution is 7.92. The van der Waals surface area contributed by atoms with Crippen molar-refractivity contribution >= 4 is 39.1 Å². The number of halogens is 1. The van der Waals surface area contributed by atoms with Gasteiger partial charge in [-0.2, -0.15) is 0 Å². The van der Waals surface area contributed by atoms with E-state index in [1.165, 1.54) is 4.31 Å². The van der Waals surface area contributed by atoms with Crippen molar-refractivity contribution < 1.29 is 18.0 Å². The van der Waals surface area contributed by atoms with E-state index >= 15 is 0 Å². The second kappa shape index (κ2) is 13.7. The molecule has 2 amide bonds. The second-order valence-corrected chi connectivity index (χ2v) is 11.8. The fourth-order valence-corrected chi connectivity index (χ4v) is 5.13. The first-order chi connectivity index (χ1) is 16.9. The van der Waals surface area contributed by atoms with Gasteiger partial charge in [0, 0.05) is 31.1 Å². The van der Waals surface area contributed by atoms with Gasteiger partial charge in [-0.15, -0.1) is 0 Å². The molecule has 0 saturated heterocycles. The van der Waals surface area contributed by atoms with Crippen molar-refractivity contribution in [2.24, 2.45) is 5.92 Å². The van der Waals surface area contributed by atoms with Gasteiger partial charge in [0.1, 0.15) is 6.04 Å². The molecule has 0 aromatic heterocycles. The molecule has 9 heteroatoms. The van der Waals surface area contributed by atoms with Crippen LogP contribution in [0, 0.1) is 12.8 Å². The van der Waals surface area contributed by atoms with E-state index in [0.717, 1.165) is 17.4 Å². The van der Waals surface area contributed by atoms with Crippen LogP contribution in [-0.2, 0) is 26.2 Å². The molecule has 1 atom stereocenters. The largest absolute Gasteiger partial charge is 0.354 e. The predicted molar refractivity (Wildman–Crippen MR) is 147 cm³/mol. The van der Waals surface area contributed by atoms with Crippen LogP contribution < -0.4 is 9.62 Å². The fraction of sp³-hybridized carbons (Fsp3) is 0.481. The van der Waals surface area contributed by atoms with Crippen LogP contribution in [0.4, 0.5) is 5.69 Å². The van der Waals surface area contributed by atoms with Gasteiger partial charge in [-0.05, 0) is 49.4 Å². The Morgan fingerprint density at radius 2 is 1.78 bits per heavy atom. The van der Waals surface area contributed by atoms with Crippen molar-refractivity contribution in [3.05, 3.63) is 64.7 Å². The Bertz CT molecular complexity index is 1140. The van der Waals surface area contributed by atoms with Gasteiger partial charge in [-0.25, -0.2) is 8.42 Å². The van der Waals surface area contributed by atoms with Crippen LogP contribution >= 0.6 is 11.6 Å². The number of carbonyl (C=O) groups is 2. The molecule has 0 aliphatic heterocycles. The minimum atomic E-state index is -3.57. The third-order valence-corrected chi connectivity index (χ3v) is 7.18. The first kappa shape index (κ1) is 29.6. The summed E-state index contributed by atoms with van der Waals surface area (Å²) in [5.74, 6) is -0.0765. The normalized spacial score (nSPS) is 12.3. The third-order valence-electron chi connectivity index (χ3n) is 5.75. The number of nitrogens with one attached hydrogen (secondary N) is 1. The van der Waals surface area contributed by atoms with Crippen LogP contribution in [0.3, 0.4) is 0 Å². The maximum atomic E-state index is 13.5. The van der Waals surface area contributed by atoms with E-state index in [-0.39, 0.29) is 24.8 Å². The molecule has 0 aliphatic carbocycles. The van der Waals surface area contributed by atoms with Crippen molar-refractivity contribution in [2.45, 2.75) is 59.5 Å². The van der Waals surface area contributed by atoms with Gasteiger partial charge in [0.05, 0.1) is 11.9 Å². The summed E-state index contributed by atoms with van der Waals surface area (Å²) in [6.45, 7) is 8.87. The molecule has 198 valence electrons. The number of benzene rings is 2. The van der Waals surface area contributed by atoms with Crippen molar-refractivity contribution in [3.63, 3.8) is 0 Å². The standard InChI is InChI=1S/C27H38ClN3O4S/c1-6-25(27(33)29-18-20(2)3)30(19-22-11-7-10-21(4)16-22)26(32)14-9-15-31(36(5,34)35)24-13-8-12-23(28)17-24/h7-8,10-13,16-17,20,25H,6,9,14-15,18-19H2,1-5H3,(H,29,33). The van der Waals surface area contributed by atoms with Crippen LogP contribution in [0.5, 0.6) is 0 Å². The molecule has 0 heterocycles. The molecular formula is C27H38ClN3O4S. The van der Waals surface area contributed by atoms with Crippen molar-refractivity contribution in [2.75, 3.05) is 23.7 Å². The monoisotopic (exact) mass is 535 g/mol. The summed E-state index contributed by atoms with van der Waals surface area (Å²) in [5.41, 5.74) is 2.46. The van der Waals surface area contributed by atoms with E-state index in [2.05, 4.69) is 5.32 Å². The summed E-state index contributed by atoms with van der Waals surface area (Å²) in [6.07, 6.45) is 2.00. The topological polar surface area (TPSA) is 86.8 Å². The Balaban J connectivity index is 2.21. The molecule has 0 radical (unpaired) electrons. The Kier molecular flexibility index (Phi) is 11.2. The number of anilines is 1. The Morgan fingerprint density at radius 1 is 1.08 bits per heavy atom. The van der Waals surface area contributed by atoms with Crippen molar-refractivity contribution in [1.82, 2.24) is 10.2 Å². The first-order valence-corrected chi connectivity index (χ1v) is 14.5. The van der Waals surface area contributed by atoms with Crippen molar-refractivity contribution in [1.29, 1.82) is 0 Å². The van der Waals surface area contributed by atoms with Crippen LogP contribution in [-0.4, -0.2) is 50.5 Å². The highest BCUT2D eigenvalue weighted by atomic mass is 35.5. The molecule has 0 fully saturated rings. The maximum absolute atomic E-state index is 13.5. The van der Waals surface area contributed by atoms with E-state index in [1.54, 1.807) is 29.2 Å². The summed E-state index contributed by atoms with van der Waals surface area (Å²) in [5, 5.41) is 3.38. The Labute approximate surface area is 220 Å². The number of carbonyl (C=O) groups excluding carboxylic acids is 2. The summed E-state index contributed by atoms with van der Waals surface area (Å²) in [6, 6.07) is 13.9. The van der Waals surface area contributed by atoms with Gasteiger partial charge in [-0.1, -0.05) is 68.3 Å². The summed E-state index contributed by atoms with van der Waals surface area (Å²) in [7, 11) is -3.57. The smallest absolute Gasteiger partial charge is 0.242 e. The van der Waals surface area contributed by atoms with E-state index in [4.69, 9.17) is 11.6 Å². The molecular weight excluding hydrogens is 498 g/mol. The molecule has 2 rings (SSSR count). The van der Waals surface area contributed by atoms with Gasteiger partial charge >= 0.3 is 0 Å². The summed E-state index contributed by atoms with van der Waals surface area (Å²) < 4.78 is 26.1. The number of nitrogens with zero attached hydrogens (tertiary/aromatic N) is 2. The molecule has 36 heavy (non-hydrogen) atoms. The lowest BCUT2D eigenvalue weighted by atomic mass is 10.1. The van der Waals surface area contributed by atoms with E-state index < -0.39 is 16.1 Å². The summed E-state index contributed by atoms with van der Waals surface area (Å²) in [4.78, 5) is 28.1. The highest BCUT2D eigenvalue weighted by Crippen LogP contribution is 2.23. The molecule has 0 bridgehead atoms. The van der Waals surface area contributed by atoms with E-state index in [9.17, 15) is 18.0 Å². The molecule has 2 aromatic carbocycles. The number of aryl methyl sites for hydroxylation is 1. The predicted octanol–water partition coefficient (Wildman–Crippen LogP) is 4.77. The lowest BCUT2D eigenvalue weighted by molar-refractivity contribution is -0.141. The number of amides is 2. The maximum Gasteiger partial charge on any atom is 0.242 e. The Hall–Kier alpha value is -2.58. The number of rotatable bonds is 13. The summed E-state index contributed by atoms with van der Waals surface area (Å²) >= 11 is 6.06. The number of hydrogen-bond donors (Lipinski definition) is 1. The lowest BCUT2D eigenvalue weighted by Crippen LogP contribution is -2.49. The van der Waals surface area contributed by atoms with E-state index in [1.807, 2.05) is 52.0 Å². The third kappa shape index (κ3) is 9.13. The Morgan fingerprint density at radius 3 is 2.36 bits per heavy atom. The quantitative estimate of drug-likeness (QED) is 0.400. The van der Waals surface area contributed by atoms with Gasteiger partial charge in [-0.3, -0.25) is 13.9 Å². The van der Waals surface area contributed by atoms with Gasteiger partial charge in [0.25, 0.3) is 0 Å². The minimum Gasteiger partial charge on any atom is -0.354 e. The van der Waals surface area contributed by atoms with Crippen molar-refractivity contribution in [3.8, 4) is 0 Å². The molecule has 7 nitrogen and oxygen atoms in total. The lowest BCUT2D eigenvalue weighted by Gasteiger charge is -2.31. The number of sulfonamides is 1. The fourth-order valence-electron chi connectivity index (χ4n) is 3.98. The van der Waals surface area contributed by atoms with Gasteiger partial charge in [0.15, 0.2) is 0 Å². The average Bonchev–Trinajstić information content (AvgIpc) is 2.79. The van der Waals surface area contributed by atoms with Crippen LogP contribution in [0.15, 0.2) is 48.5 Å². The van der Waals surface area contributed by atoms with Gasteiger partial charge in [0.2, 0.25) is 21.8 Å². The molecule has 0 aliphatic rings. The highest BCUT2D eigenvalue weighted by Gasteiger charge is 2.29. The van der Waals surface area contributed by atoms with Crippen LogP contribution in [0.25, 0.3) is 0 Å². The first-order valence-electron chi connectivity index (χ1n) is 12.3. The number of hydrogen-bond acceptors (Lipinski definition) is 4. The second-order valence-electron chi connectivity index (χ2n) is 9.49. The zero-order chi connectivity index (χ0) is 26.9. The van der Waals surface area contributed by atoms with Crippen LogP contribution in [0.2, 0.25) is 5.02 Å². The molecule has 0 saturated carbocycles.